The minimum absolute atomic E-state index is 0.226. The molecule has 0 bridgehead atoms. The molecule has 5 nitrogen and oxygen atoms in total. The molecule has 0 saturated heterocycles. The first-order valence-corrected chi connectivity index (χ1v) is 8.60. The summed E-state index contributed by atoms with van der Waals surface area (Å²) in [5.41, 5.74) is 2.16. The lowest BCUT2D eigenvalue weighted by atomic mass is 10.2. The van der Waals surface area contributed by atoms with Crippen LogP contribution in [0, 0.1) is 5.82 Å². The average molecular weight is 351 g/mol. The van der Waals surface area contributed by atoms with E-state index in [1.165, 1.54) is 17.7 Å². The molecule has 134 valence electrons. The first-order chi connectivity index (χ1) is 12.6. The van der Waals surface area contributed by atoms with E-state index < -0.39 is 0 Å². The van der Waals surface area contributed by atoms with Crippen molar-refractivity contribution in [2.45, 2.75) is 33.0 Å². The Bertz CT molecular complexity index is 821. The number of rotatable bonds is 7. The van der Waals surface area contributed by atoms with E-state index >= 15 is 0 Å². The van der Waals surface area contributed by atoms with Gasteiger partial charge < -0.3 is 10.2 Å². The quantitative estimate of drug-likeness (QED) is 0.696. The Morgan fingerprint density at radius 3 is 2.42 bits per heavy atom. The lowest BCUT2D eigenvalue weighted by molar-refractivity contribution is 0.627. The van der Waals surface area contributed by atoms with Crippen molar-refractivity contribution in [3.05, 3.63) is 77.7 Å². The molecule has 0 saturated carbocycles. The Morgan fingerprint density at radius 2 is 1.73 bits per heavy atom. The van der Waals surface area contributed by atoms with Crippen LogP contribution >= 0.6 is 0 Å². The van der Waals surface area contributed by atoms with Crippen LogP contribution < -0.4 is 10.2 Å². The largest absolute Gasteiger partial charge is 0.365 e. The molecule has 2 aromatic carbocycles. The summed E-state index contributed by atoms with van der Waals surface area (Å²) in [7, 11) is 0. The Balaban J connectivity index is 1.72. The molecular weight excluding hydrogens is 329 g/mol. The molecule has 1 N–H and O–H groups in total. The average Bonchev–Trinajstić information content (AvgIpc) is 2.66. The SMILES string of the molecule is CC(C)N(Cc1ccccc1)c1nncc(NCc2ccc(F)cc2)n1. The predicted octanol–water partition coefficient (Wildman–Crippen LogP) is 4.04. The second-order valence-corrected chi connectivity index (χ2v) is 6.33. The number of anilines is 2. The van der Waals surface area contributed by atoms with Crippen LogP contribution in [0.2, 0.25) is 0 Å². The normalized spacial score (nSPS) is 10.8. The highest BCUT2D eigenvalue weighted by Crippen LogP contribution is 2.17. The summed E-state index contributed by atoms with van der Waals surface area (Å²) >= 11 is 0. The van der Waals surface area contributed by atoms with Gasteiger partial charge in [-0.1, -0.05) is 42.5 Å². The summed E-state index contributed by atoms with van der Waals surface area (Å²) in [5, 5.41) is 11.5. The highest BCUT2D eigenvalue weighted by atomic mass is 19.1. The number of benzene rings is 2. The van der Waals surface area contributed by atoms with Gasteiger partial charge in [0.1, 0.15) is 5.82 Å². The Hall–Kier alpha value is -3.02. The van der Waals surface area contributed by atoms with Crippen molar-refractivity contribution < 1.29 is 4.39 Å². The molecule has 1 aromatic heterocycles. The number of hydrogen-bond acceptors (Lipinski definition) is 5. The van der Waals surface area contributed by atoms with Gasteiger partial charge in [-0.15, -0.1) is 5.10 Å². The van der Waals surface area contributed by atoms with Gasteiger partial charge in [-0.25, -0.2) is 4.39 Å². The van der Waals surface area contributed by atoms with Crippen LogP contribution in [-0.2, 0) is 13.1 Å². The molecule has 0 fully saturated rings. The van der Waals surface area contributed by atoms with E-state index in [0.29, 0.717) is 24.9 Å². The first-order valence-electron chi connectivity index (χ1n) is 8.60. The van der Waals surface area contributed by atoms with E-state index in [-0.39, 0.29) is 11.9 Å². The van der Waals surface area contributed by atoms with E-state index in [1.54, 1.807) is 18.3 Å². The van der Waals surface area contributed by atoms with Crippen LogP contribution in [0.1, 0.15) is 25.0 Å². The summed E-state index contributed by atoms with van der Waals surface area (Å²) in [4.78, 5) is 6.69. The molecule has 0 aliphatic rings. The standard InChI is InChI=1S/C20H22FN5/c1-15(2)26(14-17-6-4-3-5-7-17)20-24-19(13-23-25-20)22-12-16-8-10-18(21)11-9-16/h3-11,13,15H,12,14H2,1-2H3,(H,22,24,25). The lowest BCUT2D eigenvalue weighted by Gasteiger charge is -2.26. The number of halogens is 1. The highest BCUT2D eigenvalue weighted by Gasteiger charge is 2.15. The molecule has 0 aliphatic heterocycles. The van der Waals surface area contributed by atoms with E-state index in [9.17, 15) is 4.39 Å². The molecule has 0 unspecified atom stereocenters. The molecular formula is C20H22FN5. The third-order valence-electron chi connectivity index (χ3n) is 4.01. The number of nitrogens with one attached hydrogen (secondary N) is 1. The van der Waals surface area contributed by atoms with Gasteiger partial charge in [-0.3, -0.25) is 0 Å². The zero-order valence-electron chi connectivity index (χ0n) is 14.9. The van der Waals surface area contributed by atoms with E-state index in [4.69, 9.17) is 0 Å². The van der Waals surface area contributed by atoms with Crippen molar-refractivity contribution in [1.82, 2.24) is 15.2 Å². The molecule has 3 rings (SSSR count). The topological polar surface area (TPSA) is 53.9 Å². The zero-order valence-corrected chi connectivity index (χ0v) is 14.9. The van der Waals surface area contributed by atoms with Crippen molar-refractivity contribution in [2.24, 2.45) is 0 Å². The van der Waals surface area contributed by atoms with E-state index in [0.717, 1.165) is 5.56 Å². The van der Waals surface area contributed by atoms with Gasteiger partial charge >= 0.3 is 0 Å². The van der Waals surface area contributed by atoms with Crippen molar-refractivity contribution in [1.29, 1.82) is 0 Å². The highest BCUT2D eigenvalue weighted by molar-refractivity contribution is 5.41. The van der Waals surface area contributed by atoms with Crippen molar-refractivity contribution >= 4 is 11.8 Å². The van der Waals surface area contributed by atoms with Crippen molar-refractivity contribution in [3.8, 4) is 0 Å². The monoisotopic (exact) mass is 351 g/mol. The Labute approximate surface area is 152 Å². The fraction of sp³-hybridized carbons (Fsp3) is 0.250. The van der Waals surface area contributed by atoms with Gasteiger partial charge in [-0.05, 0) is 37.1 Å². The fourth-order valence-corrected chi connectivity index (χ4v) is 2.56. The first kappa shape index (κ1) is 17.8. The predicted molar refractivity (Wildman–Crippen MR) is 101 cm³/mol. The van der Waals surface area contributed by atoms with Gasteiger partial charge in [0.15, 0.2) is 5.82 Å². The zero-order chi connectivity index (χ0) is 18.4. The van der Waals surface area contributed by atoms with Crippen LogP contribution in [-0.4, -0.2) is 21.2 Å². The van der Waals surface area contributed by atoms with Crippen LogP contribution in [0.5, 0.6) is 0 Å². The van der Waals surface area contributed by atoms with Crippen LogP contribution in [0.25, 0.3) is 0 Å². The smallest absolute Gasteiger partial charge is 0.247 e. The van der Waals surface area contributed by atoms with Gasteiger partial charge in [0.25, 0.3) is 0 Å². The molecule has 6 heteroatoms. The Kier molecular flexibility index (Phi) is 5.73. The molecule has 0 amide bonds. The molecule has 0 aliphatic carbocycles. The van der Waals surface area contributed by atoms with Crippen LogP contribution in [0.4, 0.5) is 16.2 Å². The fourth-order valence-electron chi connectivity index (χ4n) is 2.56. The second-order valence-electron chi connectivity index (χ2n) is 6.33. The summed E-state index contributed by atoms with van der Waals surface area (Å²) in [6, 6.07) is 16.8. The maximum absolute atomic E-state index is 13.0. The lowest BCUT2D eigenvalue weighted by Crippen LogP contribution is -2.32. The summed E-state index contributed by atoms with van der Waals surface area (Å²) < 4.78 is 13.0. The molecule has 0 spiro atoms. The second kappa shape index (κ2) is 8.38. The molecule has 1 heterocycles. The Morgan fingerprint density at radius 1 is 1.00 bits per heavy atom. The van der Waals surface area contributed by atoms with Crippen LogP contribution in [0.15, 0.2) is 60.8 Å². The minimum atomic E-state index is -0.242. The van der Waals surface area contributed by atoms with Crippen molar-refractivity contribution in [2.75, 3.05) is 10.2 Å². The third-order valence-corrected chi connectivity index (χ3v) is 4.01. The molecule has 0 radical (unpaired) electrons. The van der Waals surface area contributed by atoms with Crippen LogP contribution in [0.3, 0.4) is 0 Å². The van der Waals surface area contributed by atoms with E-state index in [2.05, 4.69) is 51.4 Å². The molecule has 3 aromatic rings. The minimum Gasteiger partial charge on any atom is -0.365 e. The van der Waals surface area contributed by atoms with Gasteiger partial charge in [0, 0.05) is 19.1 Å². The van der Waals surface area contributed by atoms with Gasteiger partial charge in [0.2, 0.25) is 5.95 Å². The summed E-state index contributed by atoms with van der Waals surface area (Å²) in [5.74, 6) is 0.972. The van der Waals surface area contributed by atoms with Gasteiger partial charge in [-0.2, -0.15) is 10.1 Å². The summed E-state index contributed by atoms with van der Waals surface area (Å²) in [6.45, 7) is 5.45. The van der Waals surface area contributed by atoms with Crippen molar-refractivity contribution in [3.63, 3.8) is 0 Å². The molecule has 26 heavy (non-hydrogen) atoms. The number of hydrogen-bond donors (Lipinski definition) is 1. The molecule has 0 atom stereocenters. The maximum Gasteiger partial charge on any atom is 0.247 e. The number of aromatic nitrogens is 3. The van der Waals surface area contributed by atoms with E-state index in [1.807, 2.05) is 18.2 Å². The third kappa shape index (κ3) is 4.75. The van der Waals surface area contributed by atoms with Gasteiger partial charge in [0.05, 0.1) is 6.20 Å². The number of nitrogens with zero attached hydrogens (tertiary/aromatic N) is 4. The maximum atomic E-state index is 13.0. The summed E-state index contributed by atoms with van der Waals surface area (Å²) in [6.07, 6.45) is 1.59.